The van der Waals surface area contributed by atoms with E-state index in [1.807, 2.05) is 31.2 Å². The number of benzene rings is 2. The molecule has 0 radical (unpaired) electrons. The summed E-state index contributed by atoms with van der Waals surface area (Å²) in [5, 5.41) is 0. The Morgan fingerprint density at radius 2 is 1.85 bits per heavy atom. The summed E-state index contributed by atoms with van der Waals surface area (Å²) in [5.74, 6) is 1.09. The van der Waals surface area contributed by atoms with Gasteiger partial charge in [0.05, 0.1) is 0 Å². The molecular weight excluding hydrogens is 253 g/mol. The molecule has 2 aromatic carbocycles. The van der Waals surface area contributed by atoms with Crippen molar-refractivity contribution in [3.05, 3.63) is 58.9 Å². The van der Waals surface area contributed by atoms with Crippen molar-refractivity contribution in [2.75, 3.05) is 0 Å². The van der Waals surface area contributed by atoms with Crippen LogP contribution in [0.15, 0.2) is 36.4 Å². The van der Waals surface area contributed by atoms with E-state index >= 15 is 0 Å². The van der Waals surface area contributed by atoms with Gasteiger partial charge in [-0.05, 0) is 55.7 Å². The van der Waals surface area contributed by atoms with E-state index in [2.05, 4.69) is 6.92 Å². The Morgan fingerprint density at radius 1 is 1.20 bits per heavy atom. The Labute approximate surface area is 119 Å². The number of halogens is 1. The van der Waals surface area contributed by atoms with Gasteiger partial charge in [0.15, 0.2) is 0 Å². The zero-order valence-electron chi connectivity index (χ0n) is 12.1. The van der Waals surface area contributed by atoms with Crippen LogP contribution >= 0.6 is 0 Å². The molecule has 0 bridgehead atoms. The SMILES string of the molecule is CCc1ccc(Oc2cc(C)c(F)cc2[C@H](C)N)cc1. The van der Waals surface area contributed by atoms with Gasteiger partial charge in [0, 0.05) is 11.6 Å². The first kappa shape index (κ1) is 14.5. The second-order valence-corrected chi connectivity index (χ2v) is 5.03. The lowest BCUT2D eigenvalue weighted by atomic mass is 10.0. The predicted octanol–water partition coefficient (Wildman–Crippen LogP) is 4.51. The van der Waals surface area contributed by atoms with E-state index in [0.29, 0.717) is 16.9 Å². The molecule has 0 saturated carbocycles. The summed E-state index contributed by atoms with van der Waals surface area (Å²) in [5.41, 5.74) is 8.36. The first-order chi connectivity index (χ1) is 9.51. The largest absolute Gasteiger partial charge is 0.457 e. The van der Waals surface area contributed by atoms with Crippen LogP contribution in [0.4, 0.5) is 4.39 Å². The maximum Gasteiger partial charge on any atom is 0.132 e. The van der Waals surface area contributed by atoms with Gasteiger partial charge in [0.1, 0.15) is 17.3 Å². The van der Waals surface area contributed by atoms with Gasteiger partial charge in [0.2, 0.25) is 0 Å². The predicted molar refractivity (Wildman–Crippen MR) is 79.6 cm³/mol. The highest BCUT2D eigenvalue weighted by Gasteiger charge is 2.13. The normalized spacial score (nSPS) is 12.2. The van der Waals surface area contributed by atoms with E-state index < -0.39 is 0 Å². The second kappa shape index (κ2) is 6.06. The third kappa shape index (κ3) is 3.17. The third-order valence-corrected chi connectivity index (χ3v) is 3.34. The summed E-state index contributed by atoms with van der Waals surface area (Å²) < 4.78 is 19.5. The van der Waals surface area contributed by atoms with E-state index in [1.54, 1.807) is 13.0 Å². The van der Waals surface area contributed by atoms with Crippen LogP contribution < -0.4 is 10.5 Å². The van der Waals surface area contributed by atoms with Crippen molar-refractivity contribution in [1.29, 1.82) is 0 Å². The fraction of sp³-hybridized carbons (Fsp3) is 0.294. The van der Waals surface area contributed by atoms with Crippen molar-refractivity contribution >= 4 is 0 Å². The van der Waals surface area contributed by atoms with E-state index in [1.165, 1.54) is 11.6 Å². The molecule has 2 N–H and O–H groups in total. The molecule has 0 saturated heterocycles. The van der Waals surface area contributed by atoms with Crippen LogP contribution in [0.1, 0.15) is 36.6 Å². The molecule has 0 aliphatic carbocycles. The highest BCUT2D eigenvalue weighted by molar-refractivity contribution is 5.43. The number of hydrogen-bond acceptors (Lipinski definition) is 2. The van der Waals surface area contributed by atoms with Crippen molar-refractivity contribution in [2.45, 2.75) is 33.2 Å². The van der Waals surface area contributed by atoms with Crippen molar-refractivity contribution in [2.24, 2.45) is 5.73 Å². The molecule has 2 aromatic rings. The summed E-state index contributed by atoms with van der Waals surface area (Å²) in [4.78, 5) is 0. The zero-order valence-corrected chi connectivity index (χ0v) is 12.1. The minimum atomic E-state index is -0.282. The van der Waals surface area contributed by atoms with Crippen LogP contribution in [0.2, 0.25) is 0 Å². The van der Waals surface area contributed by atoms with Crippen LogP contribution in [0.25, 0.3) is 0 Å². The number of rotatable bonds is 4. The molecular formula is C17H20FNO. The molecule has 0 aliphatic rings. The van der Waals surface area contributed by atoms with E-state index in [4.69, 9.17) is 10.5 Å². The molecule has 106 valence electrons. The lowest BCUT2D eigenvalue weighted by Crippen LogP contribution is -2.08. The van der Waals surface area contributed by atoms with Crippen molar-refractivity contribution in [1.82, 2.24) is 0 Å². The van der Waals surface area contributed by atoms with Crippen LogP contribution in [-0.2, 0) is 6.42 Å². The van der Waals surface area contributed by atoms with Crippen molar-refractivity contribution in [3.63, 3.8) is 0 Å². The lowest BCUT2D eigenvalue weighted by molar-refractivity contribution is 0.468. The van der Waals surface area contributed by atoms with Gasteiger partial charge >= 0.3 is 0 Å². The van der Waals surface area contributed by atoms with Crippen LogP contribution in [0.3, 0.4) is 0 Å². The molecule has 0 unspecified atom stereocenters. The Hall–Kier alpha value is -1.87. The fourth-order valence-electron chi connectivity index (χ4n) is 2.03. The molecule has 0 aliphatic heterocycles. The zero-order chi connectivity index (χ0) is 14.7. The number of nitrogens with two attached hydrogens (primary N) is 1. The second-order valence-electron chi connectivity index (χ2n) is 5.03. The molecule has 2 nitrogen and oxygen atoms in total. The topological polar surface area (TPSA) is 35.2 Å². The monoisotopic (exact) mass is 273 g/mol. The summed E-state index contributed by atoms with van der Waals surface area (Å²) in [6.07, 6.45) is 0.987. The Bertz CT molecular complexity index is 591. The first-order valence-electron chi connectivity index (χ1n) is 6.83. The van der Waals surface area contributed by atoms with Crippen LogP contribution in [0.5, 0.6) is 11.5 Å². The maximum atomic E-state index is 13.6. The van der Waals surface area contributed by atoms with Gasteiger partial charge in [-0.25, -0.2) is 4.39 Å². The smallest absolute Gasteiger partial charge is 0.132 e. The van der Waals surface area contributed by atoms with Gasteiger partial charge in [0.25, 0.3) is 0 Å². The van der Waals surface area contributed by atoms with Crippen molar-refractivity contribution < 1.29 is 9.13 Å². The number of ether oxygens (including phenoxy) is 1. The highest BCUT2D eigenvalue weighted by atomic mass is 19.1. The van der Waals surface area contributed by atoms with Gasteiger partial charge in [-0.1, -0.05) is 19.1 Å². The van der Waals surface area contributed by atoms with Gasteiger partial charge in [-0.15, -0.1) is 0 Å². The molecule has 3 heteroatoms. The molecule has 0 spiro atoms. The van der Waals surface area contributed by atoms with E-state index in [0.717, 1.165) is 12.2 Å². The molecule has 20 heavy (non-hydrogen) atoms. The molecule has 0 heterocycles. The summed E-state index contributed by atoms with van der Waals surface area (Å²) in [6, 6.07) is 10.8. The minimum Gasteiger partial charge on any atom is -0.457 e. The van der Waals surface area contributed by atoms with Gasteiger partial charge in [-0.2, -0.15) is 0 Å². The third-order valence-electron chi connectivity index (χ3n) is 3.34. The fourth-order valence-corrected chi connectivity index (χ4v) is 2.03. The Morgan fingerprint density at radius 3 is 2.40 bits per heavy atom. The summed E-state index contributed by atoms with van der Waals surface area (Å²) in [6.45, 7) is 5.64. The van der Waals surface area contributed by atoms with E-state index in [9.17, 15) is 4.39 Å². The lowest BCUT2D eigenvalue weighted by Gasteiger charge is -2.15. The molecule has 1 atom stereocenters. The minimum absolute atomic E-state index is 0.258. The number of hydrogen-bond donors (Lipinski definition) is 1. The summed E-state index contributed by atoms with van der Waals surface area (Å²) >= 11 is 0. The maximum absolute atomic E-state index is 13.6. The standard InChI is InChI=1S/C17H20FNO/c1-4-13-5-7-14(8-6-13)20-17-9-11(2)16(18)10-15(17)12(3)19/h5-10,12H,4,19H2,1-3H3/t12-/m0/s1. The van der Waals surface area contributed by atoms with Crippen LogP contribution in [0, 0.1) is 12.7 Å². The van der Waals surface area contributed by atoms with Crippen LogP contribution in [-0.4, -0.2) is 0 Å². The molecule has 0 aromatic heterocycles. The van der Waals surface area contributed by atoms with Gasteiger partial charge in [-0.3, -0.25) is 0 Å². The Balaban J connectivity index is 2.33. The molecule has 0 fully saturated rings. The average Bonchev–Trinajstić information content (AvgIpc) is 2.43. The summed E-state index contributed by atoms with van der Waals surface area (Å²) in [7, 11) is 0. The molecule has 2 rings (SSSR count). The quantitative estimate of drug-likeness (QED) is 0.889. The molecule has 0 amide bonds. The number of aryl methyl sites for hydroxylation is 2. The van der Waals surface area contributed by atoms with E-state index in [-0.39, 0.29) is 11.9 Å². The van der Waals surface area contributed by atoms with Gasteiger partial charge < -0.3 is 10.5 Å². The van der Waals surface area contributed by atoms with Crippen molar-refractivity contribution in [3.8, 4) is 11.5 Å². The first-order valence-corrected chi connectivity index (χ1v) is 6.83. The average molecular weight is 273 g/mol. The Kier molecular flexibility index (Phi) is 4.40. The highest BCUT2D eigenvalue weighted by Crippen LogP contribution is 2.31.